The van der Waals surface area contributed by atoms with Gasteiger partial charge in [0.2, 0.25) is 5.91 Å². The quantitative estimate of drug-likeness (QED) is 0.684. The van der Waals surface area contributed by atoms with E-state index >= 15 is 0 Å². The van der Waals surface area contributed by atoms with Crippen molar-refractivity contribution in [3.05, 3.63) is 0 Å². The van der Waals surface area contributed by atoms with Crippen LogP contribution in [-0.2, 0) is 4.79 Å². The third-order valence-electron chi connectivity index (χ3n) is 1.88. The lowest BCUT2D eigenvalue weighted by molar-refractivity contribution is -0.120. The van der Waals surface area contributed by atoms with Crippen LogP contribution in [0.3, 0.4) is 0 Å². The standard InChI is InChI=1S/C9H16N4O2S/c1-3-15-7-8(10)13-16-9(7)12-5-4-6(14)11-2/h12H,3-5H2,1-2H3,(H2,10,13)(H,11,14). The highest BCUT2D eigenvalue weighted by atomic mass is 32.1. The molecular formula is C9H16N4O2S. The van der Waals surface area contributed by atoms with Crippen molar-refractivity contribution in [3.8, 4) is 5.75 Å². The Balaban J connectivity index is 2.50. The van der Waals surface area contributed by atoms with Crippen LogP contribution in [0.2, 0.25) is 0 Å². The third-order valence-corrected chi connectivity index (χ3v) is 2.68. The number of hydrogen-bond acceptors (Lipinski definition) is 6. The fourth-order valence-corrected chi connectivity index (χ4v) is 1.79. The van der Waals surface area contributed by atoms with E-state index in [0.717, 1.165) is 5.00 Å². The lowest BCUT2D eigenvalue weighted by atomic mass is 10.4. The van der Waals surface area contributed by atoms with Crippen LogP contribution in [0, 0.1) is 0 Å². The highest BCUT2D eigenvalue weighted by Gasteiger charge is 2.12. The van der Waals surface area contributed by atoms with Gasteiger partial charge >= 0.3 is 0 Å². The minimum absolute atomic E-state index is 0.0112. The summed E-state index contributed by atoms with van der Waals surface area (Å²) in [5, 5.41) is 6.39. The summed E-state index contributed by atoms with van der Waals surface area (Å²) in [6.07, 6.45) is 0.403. The largest absolute Gasteiger partial charge is 0.487 e. The molecule has 1 heterocycles. The number of aromatic nitrogens is 1. The predicted molar refractivity (Wildman–Crippen MR) is 64.9 cm³/mol. The zero-order chi connectivity index (χ0) is 12.0. The Hall–Kier alpha value is -1.50. The molecule has 0 atom stereocenters. The monoisotopic (exact) mass is 244 g/mol. The summed E-state index contributed by atoms with van der Waals surface area (Å²) in [4.78, 5) is 11.0. The maximum Gasteiger partial charge on any atom is 0.221 e. The molecule has 6 nitrogen and oxygen atoms in total. The minimum atomic E-state index is -0.0112. The van der Waals surface area contributed by atoms with E-state index in [4.69, 9.17) is 10.5 Å². The molecular weight excluding hydrogens is 228 g/mol. The van der Waals surface area contributed by atoms with Gasteiger partial charge in [-0.2, -0.15) is 4.37 Å². The molecule has 16 heavy (non-hydrogen) atoms. The van der Waals surface area contributed by atoms with Crippen molar-refractivity contribution in [3.63, 3.8) is 0 Å². The molecule has 90 valence electrons. The molecule has 0 spiro atoms. The molecule has 0 aliphatic heterocycles. The van der Waals surface area contributed by atoms with Gasteiger partial charge < -0.3 is 21.1 Å². The molecule has 1 aromatic heterocycles. The number of anilines is 2. The van der Waals surface area contributed by atoms with E-state index in [2.05, 4.69) is 15.0 Å². The Bertz CT molecular complexity index is 353. The number of carbonyl (C=O) groups excluding carboxylic acids is 1. The second kappa shape index (κ2) is 6.16. The molecule has 0 aromatic carbocycles. The molecule has 0 aliphatic carbocycles. The molecule has 0 radical (unpaired) electrons. The Morgan fingerprint density at radius 3 is 3.00 bits per heavy atom. The van der Waals surface area contributed by atoms with Crippen LogP contribution in [0.1, 0.15) is 13.3 Å². The van der Waals surface area contributed by atoms with Crippen molar-refractivity contribution < 1.29 is 9.53 Å². The van der Waals surface area contributed by atoms with Crippen molar-refractivity contribution in [1.82, 2.24) is 9.69 Å². The number of hydrogen-bond donors (Lipinski definition) is 3. The molecule has 0 unspecified atom stereocenters. The van der Waals surface area contributed by atoms with Crippen LogP contribution in [0.5, 0.6) is 5.75 Å². The van der Waals surface area contributed by atoms with E-state index in [1.54, 1.807) is 7.05 Å². The summed E-state index contributed by atoms with van der Waals surface area (Å²) in [5.74, 6) is 0.946. The fourth-order valence-electron chi connectivity index (χ4n) is 1.10. The van der Waals surface area contributed by atoms with Crippen molar-refractivity contribution in [2.45, 2.75) is 13.3 Å². The highest BCUT2D eigenvalue weighted by molar-refractivity contribution is 7.11. The molecule has 0 bridgehead atoms. The van der Waals surface area contributed by atoms with Gasteiger partial charge in [-0.05, 0) is 18.5 Å². The number of carbonyl (C=O) groups is 1. The van der Waals surface area contributed by atoms with E-state index in [-0.39, 0.29) is 5.91 Å². The first kappa shape index (κ1) is 12.6. The number of rotatable bonds is 6. The maximum atomic E-state index is 11.0. The van der Waals surface area contributed by atoms with Crippen LogP contribution >= 0.6 is 11.5 Å². The van der Waals surface area contributed by atoms with Gasteiger partial charge in [-0.3, -0.25) is 4.79 Å². The highest BCUT2D eigenvalue weighted by Crippen LogP contribution is 2.34. The summed E-state index contributed by atoms with van der Waals surface area (Å²) < 4.78 is 9.34. The van der Waals surface area contributed by atoms with E-state index in [1.807, 2.05) is 6.92 Å². The van der Waals surface area contributed by atoms with Gasteiger partial charge in [-0.1, -0.05) is 0 Å². The molecule has 1 amide bonds. The molecule has 1 aromatic rings. The molecule has 0 saturated carbocycles. The van der Waals surface area contributed by atoms with E-state index < -0.39 is 0 Å². The lowest BCUT2D eigenvalue weighted by Crippen LogP contribution is -2.20. The first-order chi connectivity index (χ1) is 7.69. The summed E-state index contributed by atoms with van der Waals surface area (Å²) >= 11 is 1.23. The van der Waals surface area contributed by atoms with E-state index in [9.17, 15) is 4.79 Å². The van der Waals surface area contributed by atoms with Crippen LogP contribution in [-0.4, -0.2) is 30.5 Å². The first-order valence-corrected chi connectivity index (χ1v) is 5.78. The predicted octanol–water partition coefficient (Wildman–Crippen LogP) is 0.672. The summed E-state index contributed by atoms with van der Waals surface area (Å²) in [6.45, 7) is 2.94. The number of nitrogens with one attached hydrogen (secondary N) is 2. The van der Waals surface area contributed by atoms with Gasteiger partial charge in [0.25, 0.3) is 0 Å². The molecule has 4 N–H and O–H groups in total. The fraction of sp³-hybridized carbons (Fsp3) is 0.556. The van der Waals surface area contributed by atoms with Crippen LogP contribution < -0.4 is 21.1 Å². The second-order valence-corrected chi connectivity index (χ2v) is 3.78. The average molecular weight is 244 g/mol. The summed E-state index contributed by atoms with van der Waals surface area (Å²) in [5.41, 5.74) is 5.64. The first-order valence-electron chi connectivity index (χ1n) is 5.01. The van der Waals surface area contributed by atoms with Crippen molar-refractivity contribution in [2.24, 2.45) is 0 Å². The maximum absolute atomic E-state index is 11.0. The molecule has 7 heteroatoms. The average Bonchev–Trinajstić information content (AvgIpc) is 2.62. The van der Waals surface area contributed by atoms with Gasteiger partial charge in [-0.15, -0.1) is 0 Å². The Labute approximate surface area is 98.3 Å². The lowest BCUT2D eigenvalue weighted by Gasteiger charge is -2.06. The van der Waals surface area contributed by atoms with Gasteiger partial charge in [-0.25, -0.2) is 0 Å². The molecule has 0 saturated heterocycles. The molecule has 0 fully saturated rings. The summed E-state index contributed by atoms with van der Waals surface area (Å²) in [6, 6.07) is 0. The topological polar surface area (TPSA) is 89.3 Å². The molecule has 1 rings (SSSR count). The molecule has 0 aliphatic rings. The SMILES string of the molecule is CCOc1c(N)nsc1NCCC(=O)NC. The smallest absolute Gasteiger partial charge is 0.221 e. The van der Waals surface area contributed by atoms with Crippen molar-refractivity contribution >= 4 is 28.3 Å². The zero-order valence-corrected chi connectivity index (χ0v) is 10.2. The minimum Gasteiger partial charge on any atom is -0.487 e. The normalized spacial score (nSPS) is 9.88. The number of nitrogen functional groups attached to an aromatic ring is 1. The van der Waals surface area contributed by atoms with Gasteiger partial charge in [0.05, 0.1) is 6.61 Å². The van der Waals surface area contributed by atoms with Crippen molar-refractivity contribution in [2.75, 3.05) is 31.2 Å². The Morgan fingerprint density at radius 2 is 2.38 bits per heavy atom. The van der Waals surface area contributed by atoms with Gasteiger partial charge in [0.1, 0.15) is 0 Å². The third kappa shape index (κ3) is 3.27. The van der Waals surface area contributed by atoms with Gasteiger partial charge in [0, 0.05) is 20.0 Å². The van der Waals surface area contributed by atoms with Crippen molar-refractivity contribution in [1.29, 1.82) is 0 Å². The van der Waals surface area contributed by atoms with E-state index in [0.29, 0.717) is 31.1 Å². The zero-order valence-electron chi connectivity index (χ0n) is 9.37. The van der Waals surface area contributed by atoms with Crippen LogP contribution in [0.15, 0.2) is 0 Å². The summed E-state index contributed by atoms with van der Waals surface area (Å²) in [7, 11) is 1.61. The number of nitrogens with two attached hydrogens (primary N) is 1. The Kier molecular flexibility index (Phi) is 4.84. The number of nitrogens with zero attached hydrogens (tertiary/aromatic N) is 1. The van der Waals surface area contributed by atoms with E-state index in [1.165, 1.54) is 11.5 Å². The number of ether oxygens (including phenoxy) is 1. The number of amides is 1. The second-order valence-electron chi connectivity index (χ2n) is 3.01. The van der Waals surface area contributed by atoms with Crippen LogP contribution in [0.25, 0.3) is 0 Å². The Morgan fingerprint density at radius 1 is 1.62 bits per heavy atom. The van der Waals surface area contributed by atoms with Gasteiger partial charge in [0.15, 0.2) is 16.6 Å². The van der Waals surface area contributed by atoms with Crippen LogP contribution in [0.4, 0.5) is 10.8 Å².